The number of carbonyl (C=O) groups excluding carboxylic acids is 1. The fourth-order valence-electron chi connectivity index (χ4n) is 3.54. The van der Waals surface area contributed by atoms with Gasteiger partial charge in [-0.3, -0.25) is 4.79 Å². The molecule has 0 unspecified atom stereocenters. The smallest absolute Gasteiger partial charge is 0.224 e. The van der Waals surface area contributed by atoms with Crippen molar-refractivity contribution < 1.29 is 14.3 Å². The number of nitrogens with one attached hydrogen (secondary N) is 1. The molecule has 5 atom stereocenters. The molecule has 1 amide bonds. The second-order valence-electron chi connectivity index (χ2n) is 5.40. The van der Waals surface area contributed by atoms with Crippen LogP contribution >= 0.6 is 11.6 Å². The number of carbonyl (C=O) groups is 1. The number of rotatable bonds is 3. The largest absolute Gasteiger partial charge is 0.393 e. The van der Waals surface area contributed by atoms with E-state index in [0.29, 0.717) is 12.8 Å². The molecule has 6 nitrogen and oxygen atoms in total. The van der Waals surface area contributed by atoms with E-state index in [1.807, 2.05) is 0 Å². The second kappa shape index (κ2) is 4.82. The zero-order valence-corrected chi connectivity index (χ0v) is 11.2. The number of primary amides is 1. The summed E-state index contributed by atoms with van der Waals surface area (Å²) in [6.45, 7) is 0. The molecule has 108 valence electrons. The van der Waals surface area contributed by atoms with E-state index in [1.54, 1.807) is 0 Å². The van der Waals surface area contributed by atoms with Crippen molar-refractivity contribution in [1.29, 1.82) is 0 Å². The highest BCUT2D eigenvalue weighted by atomic mass is 35.5. The van der Waals surface area contributed by atoms with Gasteiger partial charge in [-0.2, -0.15) is 4.98 Å². The van der Waals surface area contributed by atoms with E-state index < -0.39 is 29.8 Å². The van der Waals surface area contributed by atoms with Crippen molar-refractivity contribution in [3.05, 3.63) is 17.3 Å². The molecule has 2 saturated carbocycles. The van der Waals surface area contributed by atoms with E-state index in [-0.39, 0.29) is 22.9 Å². The molecule has 0 spiro atoms. The maximum atomic E-state index is 13.7. The average Bonchev–Trinajstić information content (AvgIpc) is 2.90. The number of aliphatic hydroxyl groups excluding tert-OH is 1. The maximum absolute atomic E-state index is 13.7. The van der Waals surface area contributed by atoms with Crippen LogP contribution in [0.1, 0.15) is 12.8 Å². The summed E-state index contributed by atoms with van der Waals surface area (Å²) in [5.41, 5.74) is 5.43. The molecule has 0 aromatic carbocycles. The lowest BCUT2D eigenvalue weighted by Crippen LogP contribution is -2.46. The molecule has 2 bridgehead atoms. The van der Waals surface area contributed by atoms with Crippen LogP contribution in [-0.2, 0) is 4.79 Å². The molecule has 1 aromatic rings. The van der Waals surface area contributed by atoms with Crippen LogP contribution in [0, 0.1) is 23.6 Å². The van der Waals surface area contributed by atoms with Gasteiger partial charge in [0.15, 0.2) is 11.6 Å². The normalized spacial score (nSPS) is 35.2. The van der Waals surface area contributed by atoms with E-state index in [4.69, 9.17) is 17.3 Å². The third-order valence-electron chi connectivity index (χ3n) is 4.32. The molecule has 2 fully saturated rings. The van der Waals surface area contributed by atoms with Crippen molar-refractivity contribution in [2.24, 2.45) is 23.5 Å². The van der Waals surface area contributed by atoms with Crippen LogP contribution in [-0.4, -0.2) is 33.1 Å². The van der Waals surface area contributed by atoms with Crippen LogP contribution in [0.25, 0.3) is 0 Å². The Morgan fingerprint density at radius 2 is 2.30 bits per heavy atom. The lowest BCUT2D eigenvalue weighted by atomic mass is 9.82. The fraction of sp³-hybridized carbons (Fsp3) is 0.583. The number of fused-ring (bicyclic) bond motifs is 2. The number of nitrogens with zero attached hydrogens (tertiary/aromatic N) is 2. The van der Waals surface area contributed by atoms with Gasteiger partial charge >= 0.3 is 0 Å². The van der Waals surface area contributed by atoms with Gasteiger partial charge in [-0.05, 0) is 30.4 Å². The number of aliphatic hydroxyl groups is 1. The molecule has 1 aromatic heterocycles. The molecule has 3 rings (SSSR count). The highest BCUT2D eigenvalue weighted by molar-refractivity contribution is 6.28. The Morgan fingerprint density at radius 3 is 3.00 bits per heavy atom. The molecule has 20 heavy (non-hydrogen) atoms. The number of anilines is 1. The molecule has 2 aliphatic rings. The summed E-state index contributed by atoms with van der Waals surface area (Å²) in [5, 5.41) is 12.7. The third-order valence-corrected chi connectivity index (χ3v) is 4.50. The first kappa shape index (κ1) is 13.5. The number of hydrogen-bond donors (Lipinski definition) is 3. The number of halogens is 2. The van der Waals surface area contributed by atoms with E-state index in [9.17, 15) is 14.3 Å². The molecule has 0 radical (unpaired) electrons. The molecular weight excluding hydrogens is 287 g/mol. The Hall–Kier alpha value is -1.47. The van der Waals surface area contributed by atoms with Gasteiger partial charge in [0, 0.05) is 12.0 Å². The third kappa shape index (κ3) is 2.10. The van der Waals surface area contributed by atoms with Gasteiger partial charge in [0.05, 0.1) is 18.2 Å². The minimum atomic E-state index is -0.658. The Bertz CT molecular complexity index is 558. The summed E-state index contributed by atoms with van der Waals surface area (Å²) in [5.74, 6) is -1.70. The van der Waals surface area contributed by atoms with Gasteiger partial charge < -0.3 is 16.2 Å². The summed E-state index contributed by atoms with van der Waals surface area (Å²) in [4.78, 5) is 18.9. The first-order chi connectivity index (χ1) is 9.47. The van der Waals surface area contributed by atoms with Crippen LogP contribution in [0.15, 0.2) is 6.20 Å². The predicted octanol–water partition coefficient (Wildman–Crippen LogP) is 0.552. The van der Waals surface area contributed by atoms with E-state index >= 15 is 0 Å². The minimum Gasteiger partial charge on any atom is -0.393 e. The van der Waals surface area contributed by atoms with Gasteiger partial charge in [0.2, 0.25) is 11.2 Å². The van der Waals surface area contributed by atoms with Crippen molar-refractivity contribution in [3.63, 3.8) is 0 Å². The summed E-state index contributed by atoms with van der Waals surface area (Å²) >= 11 is 5.64. The molecule has 2 aliphatic carbocycles. The Labute approximate surface area is 119 Å². The predicted molar refractivity (Wildman–Crippen MR) is 69.3 cm³/mol. The lowest BCUT2D eigenvalue weighted by molar-refractivity contribution is -0.124. The van der Waals surface area contributed by atoms with E-state index in [0.717, 1.165) is 6.20 Å². The maximum Gasteiger partial charge on any atom is 0.224 e. The van der Waals surface area contributed by atoms with Gasteiger partial charge in [0.25, 0.3) is 0 Å². The number of amides is 1. The zero-order valence-electron chi connectivity index (χ0n) is 10.5. The van der Waals surface area contributed by atoms with Crippen LogP contribution in [0.2, 0.25) is 5.28 Å². The highest BCUT2D eigenvalue weighted by Crippen LogP contribution is 2.49. The Morgan fingerprint density at radius 1 is 1.55 bits per heavy atom. The average molecular weight is 301 g/mol. The second-order valence-corrected chi connectivity index (χ2v) is 5.73. The lowest BCUT2D eigenvalue weighted by Gasteiger charge is -2.32. The molecule has 0 aliphatic heterocycles. The van der Waals surface area contributed by atoms with Crippen LogP contribution < -0.4 is 11.1 Å². The molecule has 4 N–H and O–H groups in total. The standard InChI is InChI=1S/C12H14ClFN4O2/c13-12-16-3-6(14)11(18-12)17-9-5-1-4(2-7(5)19)8(9)10(15)20/h3-5,7-9,19H,1-2H2,(H2,15,20)(H,16,17,18)/t4-,5-,7-,8+,9-/m1/s1. The minimum absolute atomic E-state index is 0.0328. The zero-order chi connectivity index (χ0) is 14.4. The number of nitrogens with two attached hydrogens (primary N) is 1. The van der Waals surface area contributed by atoms with Crippen molar-refractivity contribution in [1.82, 2.24) is 9.97 Å². The van der Waals surface area contributed by atoms with Gasteiger partial charge in [-0.1, -0.05) is 0 Å². The Kier molecular flexibility index (Phi) is 3.25. The Balaban J connectivity index is 1.88. The van der Waals surface area contributed by atoms with Crippen LogP contribution in [0.3, 0.4) is 0 Å². The van der Waals surface area contributed by atoms with Crippen molar-refractivity contribution in [3.8, 4) is 0 Å². The van der Waals surface area contributed by atoms with Crippen LogP contribution in [0.5, 0.6) is 0 Å². The number of aromatic nitrogens is 2. The molecule has 1 heterocycles. The molecule has 0 saturated heterocycles. The summed E-state index contributed by atoms with van der Waals surface area (Å²) in [6.07, 6.45) is 1.71. The van der Waals surface area contributed by atoms with E-state index in [2.05, 4.69) is 15.3 Å². The summed E-state index contributed by atoms with van der Waals surface area (Å²) < 4.78 is 13.7. The first-order valence-electron chi connectivity index (χ1n) is 6.39. The fourth-order valence-corrected chi connectivity index (χ4v) is 3.67. The van der Waals surface area contributed by atoms with Gasteiger partial charge in [0.1, 0.15) is 0 Å². The topological polar surface area (TPSA) is 101 Å². The molecular formula is C12H14ClFN4O2. The van der Waals surface area contributed by atoms with Crippen molar-refractivity contribution in [2.45, 2.75) is 25.0 Å². The quantitative estimate of drug-likeness (QED) is 0.708. The van der Waals surface area contributed by atoms with Gasteiger partial charge in [-0.15, -0.1) is 0 Å². The number of hydrogen-bond acceptors (Lipinski definition) is 5. The highest BCUT2D eigenvalue weighted by Gasteiger charge is 2.54. The summed E-state index contributed by atoms with van der Waals surface area (Å²) in [7, 11) is 0. The molecule has 8 heteroatoms. The summed E-state index contributed by atoms with van der Waals surface area (Å²) in [6, 6.07) is -0.429. The van der Waals surface area contributed by atoms with Crippen LogP contribution in [0.4, 0.5) is 10.2 Å². The van der Waals surface area contributed by atoms with Gasteiger partial charge in [-0.25, -0.2) is 9.37 Å². The SMILES string of the molecule is NC(=O)[C@H]1[C@@H]2C[C@@H]([C@H]1Nc1nc(Cl)ncc1F)[C@H](O)C2. The monoisotopic (exact) mass is 300 g/mol. The first-order valence-corrected chi connectivity index (χ1v) is 6.77. The van der Waals surface area contributed by atoms with Crippen molar-refractivity contribution >= 4 is 23.3 Å². The van der Waals surface area contributed by atoms with E-state index in [1.165, 1.54) is 0 Å². The van der Waals surface area contributed by atoms with Crippen molar-refractivity contribution in [2.75, 3.05) is 5.32 Å².